The Balaban J connectivity index is 1.73. The van der Waals surface area contributed by atoms with Crippen LogP contribution in [0.1, 0.15) is 22.7 Å². The highest BCUT2D eigenvalue weighted by atomic mass is 35.5. The van der Waals surface area contributed by atoms with Crippen LogP contribution in [0.2, 0.25) is 5.02 Å². The Bertz CT molecular complexity index is 1170. The summed E-state index contributed by atoms with van der Waals surface area (Å²) in [5.74, 6) is 0. The zero-order valence-electron chi connectivity index (χ0n) is 18.1. The van der Waals surface area contributed by atoms with Crippen molar-refractivity contribution in [2.45, 2.75) is 13.0 Å². The minimum absolute atomic E-state index is 0.191. The summed E-state index contributed by atoms with van der Waals surface area (Å²) in [6, 6.07) is 26.1. The fourth-order valence-corrected chi connectivity index (χ4v) is 4.81. The van der Waals surface area contributed by atoms with Gasteiger partial charge in [0.1, 0.15) is 0 Å². The van der Waals surface area contributed by atoms with E-state index >= 15 is 0 Å². The van der Waals surface area contributed by atoms with Crippen molar-refractivity contribution >= 4 is 22.5 Å². The third kappa shape index (κ3) is 4.01. The Morgan fingerprint density at radius 1 is 0.839 bits per heavy atom. The fraction of sp³-hybridized carbons (Fsp3) is 0.259. The molecule has 1 N–H and O–H groups in total. The number of para-hydroxylation sites is 1. The van der Waals surface area contributed by atoms with Gasteiger partial charge in [-0.2, -0.15) is 0 Å². The monoisotopic (exact) mass is 429 g/mol. The van der Waals surface area contributed by atoms with E-state index in [0.29, 0.717) is 0 Å². The van der Waals surface area contributed by atoms with Crippen molar-refractivity contribution in [1.29, 1.82) is 0 Å². The molecule has 31 heavy (non-hydrogen) atoms. The Labute approximate surface area is 189 Å². The van der Waals surface area contributed by atoms with E-state index in [2.05, 4.69) is 89.4 Å². The summed E-state index contributed by atoms with van der Waals surface area (Å²) in [6.07, 6.45) is 0. The molecule has 3 nitrogen and oxygen atoms in total. The number of hydrogen-bond acceptors (Lipinski definition) is 2. The maximum atomic E-state index is 6.20. The Kier molecular flexibility index (Phi) is 5.58. The Morgan fingerprint density at radius 2 is 1.52 bits per heavy atom. The first kappa shape index (κ1) is 20.3. The van der Waals surface area contributed by atoms with Crippen LogP contribution < -0.4 is 0 Å². The molecule has 158 valence electrons. The quantitative estimate of drug-likeness (QED) is 0.421. The van der Waals surface area contributed by atoms with Gasteiger partial charge >= 0.3 is 0 Å². The third-order valence-electron chi connectivity index (χ3n) is 6.45. The molecule has 4 aromatic rings. The molecule has 0 amide bonds. The second-order valence-electron chi connectivity index (χ2n) is 8.62. The average Bonchev–Trinajstić information content (AvgIpc) is 3.16. The van der Waals surface area contributed by atoms with Crippen molar-refractivity contribution < 1.29 is 0 Å². The molecule has 0 spiro atoms. The highest BCUT2D eigenvalue weighted by Gasteiger charge is 2.30. The van der Waals surface area contributed by atoms with E-state index in [0.717, 1.165) is 31.2 Å². The number of H-pyrrole nitrogens is 1. The van der Waals surface area contributed by atoms with Gasteiger partial charge in [-0.25, -0.2) is 0 Å². The number of aromatic nitrogens is 1. The molecular formula is C27H28ClN3. The molecule has 1 aliphatic heterocycles. The normalized spacial score (nSPS) is 16.6. The number of halogens is 1. The Hall–Kier alpha value is -2.59. The first-order chi connectivity index (χ1) is 15.1. The van der Waals surface area contributed by atoms with E-state index in [1.807, 2.05) is 12.1 Å². The molecule has 1 aliphatic rings. The SMILES string of the molecule is Cc1ccc(C(c2c(-c3ccc(Cl)cc3)[nH]c3ccccc23)N2CCN(C)CC2)cc1. The van der Waals surface area contributed by atoms with Gasteiger partial charge in [0, 0.05) is 47.7 Å². The standard InChI is InChI=1S/C27H28ClN3/c1-19-7-9-21(10-8-19)27(31-17-15-30(2)16-18-31)25-23-5-3-4-6-24(23)29-26(25)20-11-13-22(28)14-12-20/h3-14,27,29H,15-18H2,1-2H3. The molecule has 5 rings (SSSR count). The fourth-order valence-electron chi connectivity index (χ4n) is 4.68. The van der Waals surface area contributed by atoms with Crippen LogP contribution in [-0.2, 0) is 0 Å². The average molecular weight is 430 g/mol. The molecule has 1 saturated heterocycles. The lowest BCUT2D eigenvalue weighted by molar-refractivity contribution is 0.128. The van der Waals surface area contributed by atoms with Crippen molar-refractivity contribution in [3.05, 3.63) is 94.5 Å². The van der Waals surface area contributed by atoms with Crippen LogP contribution in [0.15, 0.2) is 72.8 Å². The number of likely N-dealkylation sites (N-methyl/N-ethyl adjacent to an activating group) is 1. The van der Waals surface area contributed by atoms with Gasteiger partial charge in [-0.15, -0.1) is 0 Å². The lowest BCUT2D eigenvalue weighted by Crippen LogP contribution is -2.46. The van der Waals surface area contributed by atoms with Crippen LogP contribution in [-0.4, -0.2) is 48.0 Å². The summed E-state index contributed by atoms with van der Waals surface area (Å²) in [6.45, 7) is 6.42. The molecule has 1 aromatic heterocycles. The molecular weight excluding hydrogens is 402 g/mol. The van der Waals surface area contributed by atoms with Gasteiger partial charge < -0.3 is 9.88 Å². The molecule has 0 radical (unpaired) electrons. The second kappa shape index (κ2) is 8.51. The van der Waals surface area contributed by atoms with Crippen LogP contribution in [0.4, 0.5) is 0 Å². The number of aryl methyl sites for hydroxylation is 1. The van der Waals surface area contributed by atoms with Crippen LogP contribution in [0, 0.1) is 6.92 Å². The number of rotatable bonds is 4. The molecule has 0 bridgehead atoms. The predicted molar refractivity (Wildman–Crippen MR) is 131 cm³/mol. The van der Waals surface area contributed by atoms with Gasteiger partial charge in [0.25, 0.3) is 0 Å². The lowest BCUT2D eigenvalue weighted by atomic mass is 9.91. The number of nitrogens with one attached hydrogen (secondary N) is 1. The largest absolute Gasteiger partial charge is 0.354 e. The molecule has 3 aromatic carbocycles. The van der Waals surface area contributed by atoms with Gasteiger partial charge in [0.05, 0.1) is 11.7 Å². The van der Waals surface area contributed by atoms with E-state index in [9.17, 15) is 0 Å². The zero-order valence-corrected chi connectivity index (χ0v) is 18.9. The van der Waals surface area contributed by atoms with E-state index in [4.69, 9.17) is 11.6 Å². The maximum absolute atomic E-state index is 6.20. The number of benzene rings is 3. The van der Waals surface area contributed by atoms with Crippen LogP contribution >= 0.6 is 11.6 Å². The molecule has 1 unspecified atom stereocenters. The van der Waals surface area contributed by atoms with Crippen LogP contribution in [0.25, 0.3) is 22.2 Å². The van der Waals surface area contributed by atoms with Crippen molar-refractivity contribution in [3.8, 4) is 11.3 Å². The highest BCUT2D eigenvalue weighted by Crippen LogP contribution is 2.41. The highest BCUT2D eigenvalue weighted by molar-refractivity contribution is 6.30. The van der Waals surface area contributed by atoms with Gasteiger partial charge in [-0.05, 0) is 43.3 Å². The molecule has 2 heterocycles. The van der Waals surface area contributed by atoms with Gasteiger partial charge in [0.2, 0.25) is 0 Å². The van der Waals surface area contributed by atoms with Crippen molar-refractivity contribution in [2.75, 3.05) is 33.2 Å². The number of hydrogen-bond donors (Lipinski definition) is 1. The number of nitrogens with zero attached hydrogens (tertiary/aromatic N) is 2. The summed E-state index contributed by atoms with van der Waals surface area (Å²) in [7, 11) is 2.21. The van der Waals surface area contributed by atoms with Crippen LogP contribution in [0.5, 0.6) is 0 Å². The summed E-state index contributed by atoms with van der Waals surface area (Å²) in [4.78, 5) is 8.78. The van der Waals surface area contributed by atoms with E-state index in [1.54, 1.807) is 0 Å². The molecule has 1 atom stereocenters. The van der Waals surface area contributed by atoms with Gasteiger partial charge in [0.15, 0.2) is 0 Å². The minimum atomic E-state index is 0.191. The number of aromatic amines is 1. The first-order valence-electron chi connectivity index (χ1n) is 11.0. The maximum Gasteiger partial charge on any atom is 0.0630 e. The van der Waals surface area contributed by atoms with Crippen LogP contribution in [0.3, 0.4) is 0 Å². The summed E-state index contributed by atoms with van der Waals surface area (Å²) in [5.41, 5.74) is 7.51. The van der Waals surface area contributed by atoms with Crippen molar-refractivity contribution in [1.82, 2.24) is 14.8 Å². The summed E-state index contributed by atoms with van der Waals surface area (Å²) >= 11 is 6.20. The summed E-state index contributed by atoms with van der Waals surface area (Å²) in [5, 5.41) is 2.05. The predicted octanol–water partition coefficient (Wildman–Crippen LogP) is 6.13. The zero-order chi connectivity index (χ0) is 21.4. The van der Waals surface area contributed by atoms with Crippen molar-refractivity contribution in [2.24, 2.45) is 0 Å². The van der Waals surface area contributed by atoms with E-state index < -0.39 is 0 Å². The Morgan fingerprint density at radius 3 is 2.23 bits per heavy atom. The molecule has 1 fully saturated rings. The molecule has 0 aliphatic carbocycles. The van der Waals surface area contributed by atoms with Crippen molar-refractivity contribution in [3.63, 3.8) is 0 Å². The topological polar surface area (TPSA) is 22.3 Å². The number of piperazine rings is 1. The van der Waals surface area contributed by atoms with E-state index in [1.165, 1.54) is 38.9 Å². The van der Waals surface area contributed by atoms with Gasteiger partial charge in [-0.1, -0.05) is 71.8 Å². The first-order valence-corrected chi connectivity index (χ1v) is 11.3. The molecule has 0 saturated carbocycles. The summed E-state index contributed by atoms with van der Waals surface area (Å²) < 4.78 is 0. The van der Waals surface area contributed by atoms with Gasteiger partial charge in [-0.3, -0.25) is 4.90 Å². The molecule has 4 heteroatoms. The minimum Gasteiger partial charge on any atom is -0.354 e. The second-order valence-corrected chi connectivity index (χ2v) is 9.06. The van der Waals surface area contributed by atoms with E-state index in [-0.39, 0.29) is 6.04 Å². The smallest absolute Gasteiger partial charge is 0.0630 e. The number of fused-ring (bicyclic) bond motifs is 1. The lowest BCUT2D eigenvalue weighted by Gasteiger charge is -2.38. The third-order valence-corrected chi connectivity index (χ3v) is 6.70.